The molecule has 1 atom stereocenters. The van der Waals surface area contributed by atoms with Crippen molar-refractivity contribution in [2.75, 3.05) is 25.2 Å². The Morgan fingerprint density at radius 1 is 1.38 bits per heavy atom. The van der Waals surface area contributed by atoms with Gasteiger partial charge < -0.3 is 9.64 Å². The van der Waals surface area contributed by atoms with Gasteiger partial charge >= 0.3 is 0 Å². The molecule has 0 bridgehead atoms. The monoisotopic (exact) mass is 377 g/mol. The fourth-order valence-electron chi connectivity index (χ4n) is 3.32. The summed E-state index contributed by atoms with van der Waals surface area (Å²) in [5.41, 5.74) is 1.93. The minimum atomic E-state index is -3.05. The predicted octanol–water partition coefficient (Wildman–Crippen LogP) is 1.84. The van der Waals surface area contributed by atoms with Gasteiger partial charge in [0, 0.05) is 24.3 Å². The van der Waals surface area contributed by atoms with Gasteiger partial charge in [-0.05, 0) is 38.5 Å². The molecule has 1 aliphatic heterocycles. The van der Waals surface area contributed by atoms with Gasteiger partial charge in [-0.25, -0.2) is 13.1 Å². The molecule has 1 aliphatic rings. The van der Waals surface area contributed by atoms with E-state index in [2.05, 4.69) is 5.10 Å². The van der Waals surface area contributed by atoms with E-state index in [1.807, 2.05) is 38.1 Å². The number of ether oxygens (including phenoxy) is 1. The highest BCUT2D eigenvalue weighted by Crippen LogP contribution is 2.22. The summed E-state index contributed by atoms with van der Waals surface area (Å²) in [5.74, 6) is 0.636. The van der Waals surface area contributed by atoms with Gasteiger partial charge in [-0.2, -0.15) is 5.10 Å². The van der Waals surface area contributed by atoms with Gasteiger partial charge in [-0.3, -0.25) is 4.79 Å². The zero-order chi connectivity index (χ0) is 18.9. The smallest absolute Gasteiger partial charge is 0.274 e. The standard InChI is InChI=1S/C18H23N3O4S/c1-4-20(15-8-9-26(23,24)12-15)18(22)17-10-13(2)21(19-17)14-6-5-7-16(11-14)25-3/h5-7,10-11,15H,4,8-9,12H2,1-3H3. The highest BCUT2D eigenvalue weighted by Gasteiger charge is 2.35. The Morgan fingerprint density at radius 3 is 2.77 bits per heavy atom. The maximum atomic E-state index is 12.9. The predicted molar refractivity (Wildman–Crippen MR) is 98.6 cm³/mol. The van der Waals surface area contributed by atoms with Crippen molar-refractivity contribution in [3.63, 3.8) is 0 Å². The summed E-state index contributed by atoms with van der Waals surface area (Å²) < 4.78 is 30.4. The number of methoxy groups -OCH3 is 1. The Hall–Kier alpha value is -2.35. The van der Waals surface area contributed by atoms with E-state index in [1.165, 1.54) is 0 Å². The molecule has 3 rings (SSSR count). The van der Waals surface area contributed by atoms with Crippen molar-refractivity contribution >= 4 is 15.7 Å². The van der Waals surface area contributed by atoms with Gasteiger partial charge in [0.1, 0.15) is 5.75 Å². The molecule has 1 amide bonds. The number of aromatic nitrogens is 2. The normalized spacial score (nSPS) is 18.7. The van der Waals surface area contributed by atoms with Crippen LogP contribution in [0.25, 0.3) is 5.69 Å². The minimum absolute atomic E-state index is 0.0299. The summed E-state index contributed by atoms with van der Waals surface area (Å²) in [6.07, 6.45) is 0.484. The third kappa shape index (κ3) is 3.60. The third-order valence-corrected chi connectivity index (χ3v) is 6.41. The summed E-state index contributed by atoms with van der Waals surface area (Å²) in [6, 6.07) is 8.88. The first-order valence-corrected chi connectivity index (χ1v) is 10.4. The van der Waals surface area contributed by atoms with E-state index < -0.39 is 9.84 Å². The maximum absolute atomic E-state index is 12.9. The number of carbonyl (C=O) groups is 1. The third-order valence-electron chi connectivity index (χ3n) is 4.66. The topological polar surface area (TPSA) is 81.5 Å². The number of sulfone groups is 1. The quantitative estimate of drug-likeness (QED) is 0.794. The van der Waals surface area contributed by atoms with E-state index >= 15 is 0 Å². The van der Waals surface area contributed by atoms with Crippen molar-refractivity contribution in [2.45, 2.75) is 26.3 Å². The van der Waals surface area contributed by atoms with Gasteiger partial charge in [0.2, 0.25) is 0 Å². The summed E-state index contributed by atoms with van der Waals surface area (Å²) in [4.78, 5) is 14.5. The van der Waals surface area contributed by atoms with Gasteiger partial charge in [0.25, 0.3) is 5.91 Å². The van der Waals surface area contributed by atoms with Crippen molar-refractivity contribution in [3.8, 4) is 11.4 Å². The summed E-state index contributed by atoms with van der Waals surface area (Å²) in [7, 11) is -1.46. The van der Waals surface area contributed by atoms with Crippen molar-refractivity contribution in [1.82, 2.24) is 14.7 Å². The molecule has 0 saturated carbocycles. The lowest BCUT2D eigenvalue weighted by atomic mass is 10.2. The number of nitrogens with zero attached hydrogens (tertiary/aromatic N) is 3. The van der Waals surface area contributed by atoms with E-state index in [-0.39, 0.29) is 23.5 Å². The zero-order valence-electron chi connectivity index (χ0n) is 15.2. The van der Waals surface area contributed by atoms with Gasteiger partial charge in [0.15, 0.2) is 15.5 Å². The molecule has 26 heavy (non-hydrogen) atoms. The molecule has 1 saturated heterocycles. The van der Waals surface area contributed by atoms with Crippen molar-refractivity contribution in [2.24, 2.45) is 0 Å². The lowest BCUT2D eigenvalue weighted by Crippen LogP contribution is -2.41. The Labute approximate surface area is 153 Å². The van der Waals surface area contributed by atoms with Crippen LogP contribution in [-0.4, -0.2) is 60.2 Å². The van der Waals surface area contributed by atoms with Crippen molar-refractivity contribution in [1.29, 1.82) is 0 Å². The Bertz CT molecular complexity index is 920. The first-order valence-electron chi connectivity index (χ1n) is 8.57. The Morgan fingerprint density at radius 2 is 2.15 bits per heavy atom. The van der Waals surface area contributed by atoms with Gasteiger partial charge in [-0.1, -0.05) is 6.07 Å². The van der Waals surface area contributed by atoms with E-state index in [1.54, 1.807) is 22.8 Å². The molecule has 7 nitrogen and oxygen atoms in total. The molecule has 0 N–H and O–H groups in total. The molecule has 2 aromatic rings. The number of carbonyl (C=O) groups excluding carboxylic acids is 1. The summed E-state index contributed by atoms with van der Waals surface area (Å²) in [5, 5.41) is 4.45. The van der Waals surface area contributed by atoms with Crippen LogP contribution in [0, 0.1) is 6.92 Å². The average Bonchev–Trinajstić information content (AvgIpc) is 3.18. The van der Waals surface area contributed by atoms with Crippen LogP contribution in [0.1, 0.15) is 29.5 Å². The number of benzene rings is 1. The molecule has 1 unspecified atom stereocenters. The van der Waals surface area contributed by atoms with Gasteiger partial charge in [-0.15, -0.1) is 0 Å². The molecule has 0 spiro atoms. The molecular formula is C18H23N3O4S. The number of hydrogen-bond donors (Lipinski definition) is 0. The minimum Gasteiger partial charge on any atom is -0.497 e. The highest BCUT2D eigenvalue weighted by atomic mass is 32.2. The summed E-state index contributed by atoms with van der Waals surface area (Å²) >= 11 is 0. The van der Waals surface area contributed by atoms with Crippen LogP contribution < -0.4 is 4.74 Å². The molecule has 1 aromatic heterocycles. The highest BCUT2D eigenvalue weighted by molar-refractivity contribution is 7.91. The zero-order valence-corrected chi connectivity index (χ0v) is 16.0. The fraction of sp³-hybridized carbons (Fsp3) is 0.444. The second-order valence-corrected chi connectivity index (χ2v) is 8.66. The molecular weight excluding hydrogens is 354 g/mol. The molecule has 1 fully saturated rings. The van der Waals surface area contributed by atoms with E-state index in [4.69, 9.17) is 4.74 Å². The summed E-state index contributed by atoms with van der Waals surface area (Å²) in [6.45, 7) is 4.18. The number of aryl methyl sites for hydroxylation is 1. The SMILES string of the molecule is CCN(C(=O)c1cc(C)n(-c2cccc(OC)c2)n1)C1CCS(=O)(=O)C1. The van der Waals surface area contributed by atoms with Crippen LogP contribution in [0.2, 0.25) is 0 Å². The van der Waals surface area contributed by atoms with Crippen LogP contribution in [0.5, 0.6) is 5.75 Å². The first-order chi connectivity index (χ1) is 12.3. The number of hydrogen-bond acceptors (Lipinski definition) is 5. The second kappa shape index (κ2) is 7.11. The molecule has 1 aromatic carbocycles. The Kier molecular flexibility index (Phi) is 5.04. The van der Waals surface area contributed by atoms with Crippen LogP contribution in [-0.2, 0) is 9.84 Å². The second-order valence-electron chi connectivity index (χ2n) is 6.43. The first kappa shape index (κ1) is 18.4. The van der Waals surface area contributed by atoms with Crippen LogP contribution in [0.15, 0.2) is 30.3 Å². The average molecular weight is 377 g/mol. The number of amides is 1. The largest absolute Gasteiger partial charge is 0.497 e. The van der Waals surface area contributed by atoms with E-state index in [0.717, 1.165) is 11.4 Å². The molecule has 140 valence electrons. The lowest BCUT2D eigenvalue weighted by Gasteiger charge is -2.25. The van der Waals surface area contributed by atoms with Crippen molar-refractivity contribution in [3.05, 3.63) is 41.7 Å². The Balaban J connectivity index is 1.88. The molecule has 0 aliphatic carbocycles. The molecule has 2 heterocycles. The van der Waals surface area contributed by atoms with E-state index in [9.17, 15) is 13.2 Å². The molecule has 0 radical (unpaired) electrons. The van der Waals surface area contributed by atoms with Crippen LogP contribution in [0.3, 0.4) is 0 Å². The van der Waals surface area contributed by atoms with Crippen LogP contribution in [0.4, 0.5) is 0 Å². The van der Waals surface area contributed by atoms with Gasteiger partial charge in [0.05, 0.1) is 24.3 Å². The fourth-order valence-corrected chi connectivity index (χ4v) is 5.05. The van der Waals surface area contributed by atoms with Crippen molar-refractivity contribution < 1.29 is 17.9 Å². The van der Waals surface area contributed by atoms with E-state index in [0.29, 0.717) is 24.4 Å². The number of rotatable bonds is 5. The maximum Gasteiger partial charge on any atom is 0.274 e. The molecule has 8 heteroatoms. The van der Waals surface area contributed by atoms with Crippen LogP contribution >= 0.6 is 0 Å². The lowest BCUT2D eigenvalue weighted by molar-refractivity contribution is 0.0702.